The van der Waals surface area contributed by atoms with Crippen molar-refractivity contribution >= 4 is 23.4 Å². The fourth-order valence-corrected chi connectivity index (χ4v) is 3.73. The number of anilines is 1. The molecule has 1 aromatic carbocycles. The van der Waals surface area contributed by atoms with E-state index in [0.29, 0.717) is 18.1 Å². The Morgan fingerprint density at radius 1 is 1.39 bits per heavy atom. The lowest BCUT2D eigenvalue weighted by atomic mass is 10.2. The highest BCUT2D eigenvalue weighted by molar-refractivity contribution is 7.99. The van der Waals surface area contributed by atoms with Crippen molar-refractivity contribution in [3.8, 4) is 0 Å². The quantitative estimate of drug-likeness (QED) is 0.699. The highest BCUT2D eigenvalue weighted by Crippen LogP contribution is 2.30. The number of thioether (sulfide) groups is 1. The Labute approximate surface area is 164 Å². The van der Waals surface area contributed by atoms with Gasteiger partial charge in [-0.15, -0.1) is 10.2 Å². The highest BCUT2D eigenvalue weighted by Gasteiger charge is 2.30. The number of ether oxygens (including phenoxy) is 1. The van der Waals surface area contributed by atoms with Crippen LogP contribution in [0.3, 0.4) is 0 Å². The van der Waals surface area contributed by atoms with Crippen LogP contribution in [0, 0.1) is 0 Å². The summed E-state index contributed by atoms with van der Waals surface area (Å²) in [7, 11) is 0. The summed E-state index contributed by atoms with van der Waals surface area (Å²) < 4.78 is 46.0. The van der Waals surface area contributed by atoms with Gasteiger partial charge in [-0.3, -0.25) is 4.79 Å². The van der Waals surface area contributed by atoms with Crippen molar-refractivity contribution < 1.29 is 22.7 Å². The van der Waals surface area contributed by atoms with Gasteiger partial charge in [0, 0.05) is 18.7 Å². The van der Waals surface area contributed by atoms with Crippen molar-refractivity contribution in [2.45, 2.75) is 50.2 Å². The number of amides is 1. The van der Waals surface area contributed by atoms with Gasteiger partial charge in [0.2, 0.25) is 5.91 Å². The summed E-state index contributed by atoms with van der Waals surface area (Å²) in [5.41, 5.74) is -0.697. The molecule has 0 radical (unpaired) electrons. The lowest BCUT2D eigenvalue weighted by Gasteiger charge is -2.14. The second kappa shape index (κ2) is 8.95. The number of hydrogen-bond acceptors (Lipinski definition) is 5. The van der Waals surface area contributed by atoms with E-state index in [4.69, 9.17) is 4.74 Å². The molecule has 0 aliphatic carbocycles. The first-order valence-corrected chi connectivity index (χ1v) is 9.99. The van der Waals surface area contributed by atoms with E-state index in [9.17, 15) is 18.0 Å². The van der Waals surface area contributed by atoms with Crippen molar-refractivity contribution in [1.29, 1.82) is 0 Å². The first kappa shape index (κ1) is 20.7. The normalized spacial score (nSPS) is 17.1. The summed E-state index contributed by atoms with van der Waals surface area (Å²) in [6.45, 7) is 3.36. The average molecular weight is 414 g/mol. The highest BCUT2D eigenvalue weighted by atomic mass is 32.2. The molecule has 1 atom stereocenters. The van der Waals surface area contributed by atoms with Crippen LogP contribution in [0.5, 0.6) is 0 Å². The van der Waals surface area contributed by atoms with E-state index in [1.54, 1.807) is 0 Å². The van der Waals surface area contributed by atoms with Crippen molar-refractivity contribution in [3.05, 3.63) is 35.7 Å². The molecule has 1 amide bonds. The van der Waals surface area contributed by atoms with Crippen LogP contribution in [-0.2, 0) is 28.7 Å². The zero-order chi connectivity index (χ0) is 20.1. The molecule has 1 aromatic heterocycles. The molecule has 3 rings (SSSR count). The lowest BCUT2D eigenvalue weighted by Crippen LogP contribution is -2.19. The number of halogens is 3. The predicted molar refractivity (Wildman–Crippen MR) is 99.2 cm³/mol. The molecule has 2 aromatic rings. The summed E-state index contributed by atoms with van der Waals surface area (Å²) in [5.74, 6) is 0.425. The van der Waals surface area contributed by atoms with Gasteiger partial charge in [0.15, 0.2) is 5.16 Å². The van der Waals surface area contributed by atoms with Crippen LogP contribution < -0.4 is 5.32 Å². The zero-order valence-corrected chi connectivity index (χ0v) is 16.1. The Balaban J connectivity index is 1.61. The van der Waals surface area contributed by atoms with Crippen molar-refractivity contribution in [3.63, 3.8) is 0 Å². The third-order valence-electron chi connectivity index (χ3n) is 4.33. The van der Waals surface area contributed by atoms with Gasteiger partial charge in [-0.2, -0.15) is 13.2 Å². The van der Waals surface area contributed by atoms with Gasteiger partial charge in [-0.25, -0.2) is 0 Å². The fraction of sp³-hybridized carbons (Fsp3) is 0.500. The number of carbonyl (C=O) groups is 1. The number of aryl methyl sites for hydroxylation is 1. The van der Waals surface area contributed by atoms with Gasteiger partial charge in [0.25, 0.3) is 0 Å². The summed E-state index contributed by atoms with van der Waals surface area (Å²) in [4.78, 5) is 12.2. The van der Waals surface area contributed by atoms with Gasteiger partial charge >= 0.3 is 6.18 Å². The summed E-state index contributed by atoms with van der Waals surface area (Å²) in [6.07, 6.45) is -1.64. The third kappa shape index (κ3) is 5.26. The molecule has 1 fully saturated rings. The third-order valence-corrected chi connectivity index (χ3v) is 5.29. The van der Waals surface area contributed by atoms with Crippen molar-refractivity contribution in [2.75, 3.05) is 17.7 Å². The van der Waals surface area contributed by atoms with E-state index in [2.05, 4.69) is 15.5 Å². The van der Waals surface area contributed by atoms with E-state index in [1.807, 2.05) is 11.5 Å². The van der Waals surface area contributed by atoms with Crippen LogP contribution in [0.2, 0.25) is 0 Å². The van der Waals surface area contributed by atoms with Gasteiger partial charge < -0.3 is 14.6 Å². The molecule has 0 bridgehead atoms. The smallest absolute Gasteiger partial charge is 0.376 e. The molecule has 1 aliphatic heterocycles. The van der Waals surface area contributed by atoms with Gasteiger partial charge in [0.05, 0.1) is 24.0 Å². The fourth-order valence-electron chi connectivity index (χ4n) is 2.96. The van der Waals surface area contributed by atoms with Crippen LogP contribution in [0.1, 0.15) is 31.2 Å². The molecule has 1 saturated heterocycles. The lowest BCUT2D eigenvalue weighted by molar-refractivity contribution is -0.137. The first-order valence-electron chi connectivity index (χ1n) is 9.00. The number of alkyl halides is 3. The van der Waals surface area contributed by atoms with E-state index in [-0.39, 0.29) is 17.5 Å². The van der Waals surface area contributed by atoms with E-state index in [1.165, 1.54) is 23.9 Å². The maximum absolute atomic E-state index is 12.8. The maximum atomic E-state index is 12.8. The van der Waals surface area contributed by atoms with Crippen molar-refractivity contribution in [1.82, 2.24) is 14.8 Å². The standard InChI is InChI=1S/C18H21F3N4O2S/c1-2-15-23-24-17(25(15)10-14-7-4-8-27-14)28-11-16(26)22-13-6-3-5-12(9-13)18(19,20)21/h3,5-6,9,14H,2,4,7-8,10-11H2,1H3,(H,22,26). The minimum absolute atomic E-state index is 0.0175. The molecular formula is C18H21F3N4O2S. The number of hydrogen-bond donors (Lipinski definition) is 1. The Morgan fingerprint density at radius 3 is 2.89 bits per heavy atom. The van der Waals surface area contributed by atoms with Gasteiger partial charge in [0.1, 0.15) is 5.82 Å². The summed E-state index contributed by atoms with van der Waals surface area (Å²) in [5, 5.41) is 11.4. The topological polar surface area (TPSA) is 69.0 Å². The monoisotopic (exact) mass is 414 g/mol. The number of benzene rings is 1. The van der Waals surface area contributed by atoms with E-state index in [0.717, 1.165) is 37.4 Å². The van der Waals surface area contributed by atoms with Crippen LogP contribution in [0.4, 0.5) is 18.9 Å². The number of nitrogens with one attached hydrogen (secondary N) is 1. The number of carbonyl (C=O) groups excluding carboxylic acids is 1. The zero-order valence-electron chi connectivity index (χ0n) is 15.3. The molecule has 0 spiro atoms. The number of rotatable bonds is 7. The Bertz CT molecular complexity index is 819. The summed E-state index contributed by atoms with van der Waals surface area (Å²) in [6, 6.07) is 4.56. The molecule has 1 N–H and O–H groups in total. The molecule has 6 nitrogen and oxygen atoms in total. The number of nitrogens with zero attached hydrogens (tertiary/aromatic N) is 3. The van der Waals surface area contributed by atoms with Crippen LogP contribution in [0.25, 0.3) is 0 Å². The Morgan fingerprint density at radius 2 is 2.21 bits per heavy atom. The molecule has 10 heteroatoms. The molecule has 0 saturated carbocycles. The Kier molecular flexibility index (Phi) is 6.61. The van der Waals surface area contributed by atoms with E-state index < -0.39 is 17.6 Å². The number of aromatic nitrogens is 3. The summed E-state index contributed by atoms with van der Waals surface area (Å²) >= 11 is 1.20. The molecule has 28 heavy (non-hydrogen) atoms. The van der Waals surface area contributed by atoms with E-state index >= 15 is 0 Å². The molecule has 1 unspecified atom stereocenters. The molecule has 152 valence electrons. The minimum atomic E-state index is -4.45. The first-order chi connectivity index (χ1) is 13.4. The molecule has 1 aliphatic rings. The van der Waals surface area contributed by atoms with Crippen molar-refractivity contribution in [2.24, 2.45) is 0 Å². The Hall–Kier alpha value is -2.07. The average Bonchev–Trinajstić information content (AvgIpc) is 3.30. The largest absolute Gasteiger partial charge is 0.416 e. The predicted octanol–water partition coefficient (Wildman–Crippen LogP) is 3.77. The SMILES string of the molecule is CCc1nnc(SCC(=O)Nc2cccc(C(F)(F)F)c2)n1CC1CCCO1. The van der Waals surface area contributed by atoms with Crippen LogP contribution >= 0.6 is 11.8 Å². The second-order valence-electron chi connectivity index (χ2n) is 6.41. The second-order valence-corrected chi connectivity index (χ2v) is 7.36. The van der Waals surface area contributed by atoms with Crippen LogP contribution in [-0.4, -0.2) is 39.1 Å². The molecule has 2 heterocycles. The maximum Gasteiger partial charge on any atom is 0.416 e. The van der Waals surface area contributed by atoms with Crippen LogP contribution in [0.15, 0.2) is 29.4 Å². The minimum Gasteiger partial charge on any atom is -0.376 e. The van der Waals surface area contributed by atoms with Gasteiger partial charge in [-0.1, -0.05) is 24.8 Å². The molecular weight excluding hydrogens is 393 g/mol. The van der Waals surface area contributed by atoms with Gasteiger partial charge in [-0.05, 0) is 31.0 Å².